The van der Waals surface area contributed by atoms with Crippen LogP contribution in [0, 0.1) is 0 Å². The molecule has 1 aliphatic carbocycles. The van der Waals surface area contributed by atoms with Crippen LogP contribution in [0.25, 0.3) is 0 Å². The molecule has 6 nitrogen and oxygen atoms in total. The summed E-state index contributed by atoms with van der Waals surface area (Å²) in [5.74, 6) is 2.45. The summed E-state index contributed by atoms with van der Waals surface area (Å²) < 4.78 is 16.9. The summed E-state index contributed by atoms with van der Waals surface area (Å²) in [5, 5.41) is 6.73. The molecule has 7 heteroatoms. The summed E-state index contributed by atoms with van der Waals surface area (Å²) in [5.41, 5.74) is 1.25. The highest BCUT2D eigenvalue weighted by atomic mass is 127. The van der Waals surface area contributed by atoms with Crippen LogP contribution in [0.4, 0.5) is 0 Å². The monoisotopic (exact) mass is 519 g/mol. The molecule has 2 N–H and O–H groups in total. The van der Waals surface area contributed by atoms with E-state index in [1.54, 1.807) is 7.11 Å². The van der Waals surface area contributed by atoms with E-state index in [4.69, 9.17) is 14.2 Å². The molecule has 1 fully saturated rings. The van der Waals surface area contributed by atoms with Crippen molar-refractivity contribution in [2.45, 2.75) is 58.0 Å². The maximum atomic E-state index is 5.89. The number of hydrogen-bond donors (Lipinski definition) is 2. The zero-order valence-electron chi connectivity index (χ0n) is 18.2. The van der Waals surface area contributed by atoms with E-state index < -0.39 is 0 Å². The van der Waals surface area contributed by atoms with Crippen LogP contribution in [0.1, 0.15) is 51.0 Å². The zero-order chi connectivity index (χ0) is 20.0. The summed E-state index contributed by atoms with van der Waals surface area (Å²) in [6.45, 7) is 5.19. The smallest absolute Gasteiger partial charge is 0.190 e. The lowest BCUT2D eigenvalue weighted by atomic mass is 10.1. The van der Waals surface area contributed by atoms with E-state index in [2.05, 4.69) is 27.8 Å². The van der Waals surface area contributed by atoms with Gasteiger partial charge in [-0.05, 0) is 56.7 Å². The number of nitrogens with one attached hydrogen (secondary N) is 2. The Morgan fingerprint density at radius 3 is 2.48 bits per heavy atom. The first-order chi connectivity index (χ1) is 13.8. The average Bonchev–Trinajstić information content (AvgIpc) is 3.23. The van der Waals surface area contributed by atoms with Gasteiger partial charge in [-0.2, -0.15) is 0 Å². The van der Waals surface area contributed by atoms with Crippen LogP contribution in [-0.2, 0) is 11.2 Å². The molecule has 1 aromatic rings. The molecule has 1 saturated carbocycles. The Kier molecular flexibility index (Phi) is 13.9. The molecular formula is C22H38IN3O3. The second-order valence-electron chi connectivity index (χ2n) is 7.08. The van der Waals surface area contributed by atoms with Gasteiger partial charge in [0, 0.05) is 26.7 Å². The third kappa shape index (κ3) is 9.89. The van der Waals surface area contributed by atoms with E-state index in [0.717, 1.165) is 56.4 Å². The second-order valence-corrected chi connectivity index (χ2v) is 7.08. The van der Waals surface area contributed by atoms with Gasteiger partial charge in [0.1, 0.15) is 0 Å². The van der Waals surface area contributed by atoms with Crippen molar-refractivity contribution in [3.63, 3.8) is 0 Å². The number of nitrogens with zero attached hydrogens (tertiary/aromatic N) is 1. The van der Waals surface area contributed by atoms with Gasteiger partial charge in [-0.3, -0.25) is 4.99 Å². The maximum absolute atomic E-state index is 5.89. The van der Waals surface area contributed by atoms with Crippen molar-refractivity contribution >= 4 is 29.9 Å². The van der Waals surface area contributed by atoms with Gasteiger partial charge in [0.25, 0.3) is 0 Å². The molecule has 0 saturated heterocycles. The average molecular weight is 519 g/mol. The number of rotatable bonds is 12. The van der Waals surface area contributed by atoms with Crippen molar-refractivity contribution in [1.82, 2.24) is 10.6 Å². The summed E-state index contributed by atoms with van der Waals surface area (Å²) in [6, 6.07) is 6.14. The molecule has 0 amide bonds. The highest BCUT2D eigenvalue weighted by Gasteiger charge is 2.14. The highest BCUT2D eigenvalue weighted by Crippen LogP contribution is 2.28. The molecule has 29 heavy (non-hydrogen) atoms. The van der Waals surface area contributed by atoms with Gasteiger partial charge in [-0.25, -0.2) is 0 Å². The predicted octanol–water partition coefficient (Wildman–Crippen LogP) is 4.16. The summed E-state index contributed by atoms with van der Waals surface area (Å²) in [4.78, 5) is 4.29. The molecule has 0 atom stereocenters. The Balaban J connectivity index is 0.00000420. The summed E-state index contributed by atoms with van der Waals surface area (Å²) >= 11 is 0. The maximum Gasteiger partial charge on any atom is 0.190 e. The Morgan fingerprint density at radius 2 is 1.83 bits per heavy atom. The molecule has 166 valence electrons. The second kappa shape index (κ2) is 15.6. The van der Waals surface area contributed by atoms with E-state index in [-0.39, 0.29) is 24.0 Å². The Morgan fingerprint density at radius 1 is 1.10 bits per heavy atom. The number of guanidine groups is 1. The van der Waals surface area contributed by atoms with E-state index >= 15 is 0 Å². The first-order valence-corrected chi connectivity index (χ1v) is 10.6. The van der Waals surface area contributed by atoms with Crippen LogP contribution in [0.3, 0.4) is 0 Å². The van der Waals surface area contributed by atoms with Crippen molar-refractivity contribution in [3.05, 3.63) is 23.8 Å². The SMILES string of the molecule is CCOc1cc(CCCNC(=NC)NCCCOC2CCCC2)ccc1OC.I. The van der Waals surface area contributed by atoms with Crippen molar-refractivity contribution in [1.29, 1.82) is 0 Å². The Labute approximate surface area is 193 Å². The van der Waals surface area contributed by atoms with Crippen LogP contribution in [0.5, 0.6) is 11.5 Å². The molecule has 0 heterocycles. The Hall–Kier alpha value is -1.22. The molecule has 0 unspecified atom stereocenters. The number of aryl methyl sites for hydroxylation is 1. The molecule has 0 aliphatic heterocycles. The zero-order valence-corrected chi connectivity index (χ0v) is 20.5. The summed E-state index contributed by atoms with van der Waals surface area (Å²) in [6.07, 6.45) is 8.61. The van der Waals surface area contributed by atoms with Gasteiger partial charge in [0.15, 0.2) is 17.5 Å². The third-order valence-corrected chi connectivity index (χ3v) is 4.96. The minimum Gasteiger partial charge on any atom is -0.493 e. The molecule has 1 aliphatic rings. The first-order valence-electron chi connectivity index (χ1n) is 10.6. The quantitative estimate of drug-likeness (QED) is 0.188. The Bertz CT molecular complexity index is 593. The molecule has 0 aromatic heterocycles. The molecular weight excluding hydrogens is 481 g/mol. The van der Waals surface area contributed by atoms with Crippen LogP contribution in [0.15, 0.2) is 23.2 Å². The summed E-state index contributed by atoms with van der Waals surface area (Å²) in [7, 11) is 3.48. The van der Waals surface area contributed by atoms with Crippen LogP contribution < -0.4 is 20.1 Å². The molecule has 0 spiro atoms. The van der Waals surface area contributed by atoms with Crippen molar-refractivity contribution < 1.29 is 14.2 Å². The normalized spacial score (nSPS) is 14.4. The standard InChI is InChI=1S/C22H37N3O3.HI/c1-4-27-21-17-18(12-13-20(21)26-3)9-7-14-24-22(23-2)25-15-8-16-28-19-10-5-6-11-19;/h12-13,17,19H,4-11,14-16H2,1-3H3,(H2,23,24,25);1H. The topological polar surface area (TPSA) is 64.1 Å². The first kappa shape index (κ1) is 25.8. The van der Waals surface area contributed by atoms with Gasteiger partial charge in [0.2, 0.25) is 0 Å². The number of aliphatic imine (C=N–C) groups is 1. The lowest BCUT2D eigenvalue weighted by Gasteiger charge is -2.14. The van der Waals surface area contributed by atoms with E-state index in [0.29, 0.717) is 12.7 Å². The number of methoxy groups -OCH3 is 1. The fourth-order valence-electron chi connectivity index (χ4n) is 3.45. The highest BCUT2D eigenvalue weighted by molar-refractivity contribution is 14.0. The fraction of sp³-hybridized carbons (Fsp3) is 0.682. The molecule has 2 rings (SSSR count). The number of hydrogen-bond acceptors (Lipinski definition) is 4. The van der Waals surface area contributed by atoms with Gasteiger partial charge in [0.05, 0.1) is 19.8 Å². The minimum absolute atomic E-state index is 0. The third-order valence-electron chi connectivity index (χ3n) is 4.96. The van der Waals surface area contributed by atoms with E-state index in [1.807, 2.05) is 20.0 Å². The molecule has 0 radical (unpaired) electrons. The molecule has 0 bridgehead atoms. The van der Waals surface area contributed by atoms with Crippen LogP contribution in [0.2, 0.25) is 0 Å². The lowest BCUT2D eigenvalue weighted by molar-refractivity contribution is 0.0574. The number of benzene rings is 1. The van der Waals surface area contributed by atoms with E-state index in [1.165, 1.54) is 31.2 Å². The largest absolute Gasteiger partial charge is 0.493 e. The number of halogens is 1. The van der Waals surface area contributed by atoms with Gasteiger partial charge < -0.3 is 24.8 Å². The fourth-order valence-corrected chi connectivity index (χ4v) is 3.45. The minimum atomic E-state index is 0. The van der Waals surface area contributed by atoms with Crippen molar-refractivity contribution in [2.75, 3.05) is 40.5 Å². The van der Waals surface area contributed by atoms with Crippen LogP contribution >= 0.6 is 24.0 Å². The van der Waals surface area contributed by atoms with Crippen molar-refractivity contribution in [3.8, 4) is 11.5 Å². The van der Waals surface area contributed by atoms with Gasteiger partial charge in [-0.1, -0.05) is 18.9 Å². The lowest BCUT2D eigenvalue weighted by Crippen LogP contribution is -2.38. The van der Waals surface area contributed by atoms with Gasteiger partial charge >= 0.3 is 0 Å². The van der Waals surface area contributed by atoms with Crippen LogP contribution in [-0.4, -0.2) is 52.5 Å². The molecule has 1 aromatic carbocycles. The van der Waals surface area contributed by atoms with Crippen molar-refractivity contribution in [2.24, 2.45) is 4.99 Å². The number of ether oxygens (including phenoxy) is 3. The predicted molar refractivity (Wildman–Crippen MR) is 130 cm³/mol. The van der Waals surface area contributed by atoms with E-state index in [9.17, 15) is 0 Å². The van der Waals surface area contributed by atoms with Gasteiger partial charge in [-0.15, -0.1) is 24.0 Å².